The monoisotopic (exact) mass is 140 g/mol. The lowest BCUT2D eigenvalue weighted by atomic mass is 10.2. The Morgan fingerprint density at radius 2 is 2.40 bits per heavy atom. The maximum absolute atomic E-state index is 11.1. The Morgan fingerprint density at radius 1 is 1.60 bits per heavy atom. The summed E-state index contributed by atoms with van der Waals surface area (Å²) in [7, 11) is 0. The summed E-state index contributed by atoms with van der Waals surface area (Å²) in [6.07, 6.45) is 2.36. The van der Waals surface area contributed by atoms with E-state index >= 15 is 0 Å². The molecule has 0 aromatic rings. The van der Waals surface area contributed by atoms with Crippen molar-refractivity contribution in [1.29, 1.82) is 0 Å². The molecule has 2 amide bonds. The quantitative estimate of drug-likeness (QED) is 0.524. The minimum atomic E-state index is 0.134. The van der Waals surface area contributed by atoms with Crippen LogP contribution in [0.25, 0.3) is 0 Å². The third kappa shape index (κ3) is 0.632. The van der Waals surface area contributed by atoms with Gasteiger partial charge in [-0.2, -0.15) is 0 Å². The van der Waals surface area contributed by atoms with Crippen LogP contribution in [0.5, 0.6) is 0 Å². The Bertz CT molecular complexity index is 169. The zero-order valence-electron chi connectivity index (χ0n) is 6.13. The molecule has 2 unspecified atom stereocenters. The van der Waals surface area contributed by atoms with Crippen molar-refractivity contribution >= 4 is 6.03 Å². The fraction of sp³-hybridized carbons (Fsp3) is 0.857. The van der Waals surface area contributed by atoms with Gasteiger partial charge in [-0.3, -0.25) is 0 Å². The lowest BCUT2D eigenvalue weighted by Crippen LogP contribution is -2.34. The van der Waals surface area contributed by atoms with Crippen LogP contribution in [0.2, 0.25) is 0 Å². The van der Waals surface area contributed by atoms with E-state index < -0.39 is 0 Å². The third-order valence-electron chi connectivity index (χ3n) is 2.51. The Morgan fingerprint density at radius 3 is 3.10 bits per heavy atom. The first kappa shape index (κ1) is 6.01. The van der Waals surface area contributed by atoms with Gasteiger partial charge in [0.25, 0.3) is 0 Å². The van der Waals surface area contributed by atoms with Gasteiger partial charge < -0.3 is 10.2 Å². The van der Waals surface area contributed by atoms with Gasteiger partial charge in [0.1, 0.15) is 0 Å². The number of carbonyl (C=O) groups excluding carboxylic acids is 1. The van der Waals surface area contributed by atoms with E-state index in [1.165, 1.54) is 12.8 Å². The normalized spacial score (nSPS) is 38.1. The SMILES string of the molecule is CC1CCC2CNC(=O)N12. The van der Waals surface area contributed by atoms with E-state index in [4.69, 9.17) is 0 Å². The van der Waals surface area contributed by atoms with Crippen LogP contribution in [0.4, 0.5) is 4.79 Å². The molecule has 0 saturated carbocycles. The van der Waals surface area contributed by atoms with Crippen molar-refractivity contribution < 1.29 is 4.79 Å². The van der Waals surface area contributed by atoms with Gasteiger partial charge in [-0.15, -0.1) is 0 Å². The molecule has 1 N–H and O–H groups in total. The van der Waals surface area contributed by atoms with E-state index in [1.807, 2.05) is 4.90 Å². The van der Waals surface area contributed by atoms with Crippen LogP contribution in [-0.2, 0) is 0 Å². The summed E-state index contributed by atoms with van der Waals surface area (Å²) in [5, 5.41) is 2.84. The minimum absolute atomic E-state index is 0.134. The maximum atomic E-state index is 11.1. The minimum Gasteiger partial charge on any atom is -0.336 e. The molecule has 0 radical (unpaired) electrons. The van der Waals surface area contributed by atoms with Crippen LogP contribution >= 0.6 is 0 Å². The number of hydrogen-bond donors (Lipinski definition) is 1. The standard InChI is InChI=1S/C7H12N2O/c1-5-2-3-6-4-8-7(10)9(5)6/h5-6H,2-4H2,1H3,(H,8,10). The topological polar surface area (TPSA) is 32.3 Å². The predicted octanol–water partition coefficient (Wildman–Crippen LogP) is 0.562. The molecule has 0 aliphatic carbocycles. The Balaban J connectivity index is 2.19. The molecule has 0 spiro atoms. The van der Waals surface area contributed by atoms with Crippen molar-refractivity contribution in [2.75, 3.05) is 6.54 Å². The zero-order valence-corrected chi connectivity index (χ0v) is 6.13. The van der Waals surface area contributed by atoms with E-state index in [-0.39, 0.29) is 6.03 Å². The lowest BCUT2D eigenvalue weighted by molar-refractivity contribution is 0.203. The molecule has 3 nitrogen and oxygen atoms in total. The van der Waals surface area contributed by atoms with Crippen LogP contribution < -0.4 is 5.32 Å². The van der Waals surface area contributed by atoms with Crippen molar-refractivity contribution in [2.45, 2.75) is 31.8 Å². The van der Waals surface area contributed by atoms with Gasteiger partial charge in [-0.05, 0) is 19.8 Å². The molecule has 2 rings (SSSR count). The van der Waals surface area contributed by atoms with Gasteiger partial charge in [0.05, 0.1) is 6.04 Å². The summed E-state index contributed by atoms with van der Waals surface area (Å²) in [6, 6.07) is 1.10. The summed E-state index contributed by atoms with van der Waals surface area (Å²) in [5.41, 5.74) is 0. The largest absolute Gasteiger partial charge is 0.336 e. The predicted molar refractivity (Wildman–Crippen MR) is 37.7 cm³/mol. The number of hydrogen-bond acceptors (Lipinski definition) is 1. The summed E-state index contributed by atoms with van der Waals surface area (Å²) in [6.45, 7) is 2.98. The van der Waals surface area contributed by atoms with Crippen molar-refractivity contribution in [3.8, 4) is 0 Å². The Hall–Kier alpha value is -0.730. The fourth-order valence-electron chi connectivity index (χ4n) is 1.93. The van der Waals surface area contributed by atoms with Crippen molar-refractivity contribution in [2.24, 2.45) is 0 Å². The number of fused-ring (bicyclic) bond motifs is 1. The van der Waals surface area contributed by atoms with Gasteiger partial charge in [0, 0.05) is 12.6 Å². The van der Waals surface area contributed by atoms with Crippen LogP contribution in [0.15, 0.2) is 0 Å². The van der Waals surface area contributed by atoms with Gasteiger partial charge in [-0.1, -0.05) is 0 Å². The van der Waals surface area contributed by atoms with E-state index in [0.29, 0.717) is 12.1 Å². The number of amides is 2. The van der Waals surface area contributed by atoms with E-state index in [2.05, 4.69) is 12.2 Å². The first-order valence-electron chi connectivity index (χ1n) is 3.85. The smallest absolute Gasteiger partial charge is 0.318 e. The molecule has 0 bridgehead atoms. The first-order chi connectivity index (χ1) is 4.79. The zero-order chi connectivity index (χ0) is 7.14. The molecule has 2 aliphatic heterocycles. The average Bonchev–Trinajstić information content (AvgIpc) is 2.40. The number of urea groups is 1. The molecule has 56 valence electrons. The number of carbonyl (C=O) groups is 1. The van der Waals surface area contributed by atoms with E-state index in [9.17, 15) is 4.79 Å². The summed E-state index contributed by atoms with van der Waals surface area (Å²) < 4.78 is 0. The van der Waals surface area contributed by atoms with Crippen LogP contribution in [-0.4, -0.2) is 29.6 Å². The average molecular weight is 140 g/mol. The second-order valence-electron chi connectivity index (χ2n) is 3.17. The number of nitrogens with zero attached hydrogens (tertiary/aromatic N) is 1. The second-order valence-corrected chi connectivity index (χ2v) is 3.17. The highest BCUT2D eigenvalue weighted by molar-refractivity contribution is 5.77. The van der Waals surface area contributed by atoms with Crippen molar-refractivity contribution in [3.05, 3.63) is 0 Å². The highest BCUT2D eigenvalue weighted by Crippen LogP contribution is 2.26. The fourth-order valence-corrected chi connectivity index (χ4v) is 1.93. The first-order valence-corrected chi connectivity index (χ1v) is 3.85. The number of rotatable bonds is 0. The molecule has 0 aromatic heterocycles. The number of nitrogens with one attached hydrogen (secondary N) is 1. The van der Waals surface area contributed by atoms with Gasteiger partial charge in [-0.25, -0.2) is 4.79 Å². The summed E-state index contributed by atoms with van der Waals surface area (Å²) in [4.78, 5) is 13.1. The maximum Gasteiger partial charge on any atom is 0.318 e. The van der Waals surface area contributed by atoms with Gasteiger partial charge in [0.2, 0.25) is 0 Å². The molecular weight excluding hydrogens is 128 g/mol. The summed E-state index contributed by atoms with van der Waals surface area (Å²) in [5.74, 6) is 0. The van der Waals surface area contributed by atoms with Crippen molar-refractivity contribution in [1.82, 2.24) is 10.2 Å². The highest BCUT2D eigenvalue weighted by atomic mass is 16.2. The molecular formula is C7H12N2O. The molecule has 3 heteroatoms. The van der Waals surface area contributed by atoms with Crippen LogP contribution in [0, 0.1) is 0 Å². The Labute approximate surface area is 60.4 Å². The van der Waals surface area contributed by atoms with E-state index in [1.54, 1.807) is 0 Å². The molecule has 2 atom stereocenters. The lowest BCUT2D eigenvalue weighted by Gasteiger charge is -2.18. The molecule has 2 saturated heterocycles. The second kappa shape index (κ2) is 1.87. The van der Waals surface area contributed by atoms with Gasteiger partial charge >= 0.3 is 6.03 Å². The third-order valence-corrected chi connectivity index (χ3v) is 2.51. The van der Waals surface area contributed by atoms with Gasteiger partial charge in [0.15, 0.2) is 0 Å². The van der Waals surface area contributed by atoms with Crippen molar-refractivity contribution in [3.63, 3.8) is 0 Å². The molecule has 0 aromatic carbocycles. The molecule has 10 heavy (non-hydrogen) atoms. The summed E-state index contributed by atoms with van der Waals surface area (Å²) >= 11 is 0. The molecule has 2 heterocycles. The highest BCUT2D eigenvalue weighted by Gasteiger charge is 2.38. The molecule has 2 fully saturated rings. The van der Waals surface area contributed by atoms with E-state index in [0.717, 1.165) is 6.54 Å². The van der Waals surface area contributed by atoms with Crippen LogP contribution in [0.3, 0.4) is 0 Å². The Kier molecular flexibility index (Phi) is 1.13. The van der Waals surface area contributed by atoms with Crippen LogP contribution in [0.1, 0.15) is 19.8 Å². The molecule has 2 aliphatic rings.